The van der Waals surface area contributed by atoms with Crippen LogP contribution in [0, 0.1) is 6.92 Å². The number of rotatable bonds is 5. The number of aryl methyl sites for hydroxylation is 1. The lowest BCUT2D eigenvalue weighted by atomic mass is 9.95. The number of nitrogens with zero attached hydrogens (tertiary/aromatic N) is 3. The zero-order chi connectivity index (χ0) is 17.2. The van der Waals surface area contributed by atoms with Gasteiger partial charge in [-0.2, -0.15) is 0 Å². The lowest BCUT2D eigenvalue weighted by molar-refractivity contribution is -0.177. The Balaban J connectivity index is 1.85. The molecule has 8 heteroatoms. The van der Waals surface area contributed by atoms with Gasteiger partial charge >= 0.3 is 0 Å². The first-order chi connectivity index (χ1) is 11.6. The van der Waals surface area contributed by atoms with E-state index in [1.807, 2.05) is 19.1 Å². The van der Waals surface area contributed by atoms with Gasteiger partial charge in [-0.05, 0) is 25.2 Å². The van der Waals surface area contributed by atoms with Crippen LogP contribution in [-0.2, 0) is 24.5 Å². The van der Waals surface area contributed by atoms with Crippen molar-refractivity contribution in [1.29, 1.82) is 0 Å². The van der Waals surface area contributed by atoms with E-state index in [-0.39, 0.29) is 0 Å². The van der Waals surface area contributed by atoms with Crippen molar-refractivity contribution in [3.05, 3.63) is 47.8 Å². The van der Waals surface area contributed by atoms with E-state index in [9.17, 15) is 0 Å². The van der Waals surface area contributed by atoms with Crippen LogP contribution < -0.4 is 0 Å². The second-order valence-electron chi connectivity index (χ2n) is 5.50. The third kappa shape index (κ3) is 3.05. The van der Waals surface area contributed by atoms with E-state index >= 15 is 0 Å². The molecule has 0 atom stereocenters. The number of ether oxygens (including phenoxy) is 4. The minimum atomic E-state index is -0.680. The average molecular weight is 349 g/mol. The van der Waals surface area contributed by atoms with Crippen LogP contribution >= 0.6 is 12.2 Å². The van der Waals surface area contributed by atoms with Crippen molar-refractivity contribution >= 4 is 17.4 Å². The summed E-state index contributed by atoms with van der Waals surface area (Å²) in [7, 11) is 3.19. The number of hydrogen-bond acceptors (Lipinski definition) is 7. The minimum absolute atomic E-state index is 0.311. The van der Waals surface area contributed by atoms with E-state index in [4.69, 9.17) is 31.2 Å². The van der Waals surface area contributed by atoms with Crippen molar-refractivity contribution in [3.63, 3.8) is 0 Å². The number of imidazole rings is 1. The SMILES string of the molecule is COC(OC)c1ccc(C2(OC(=S)n3ccnc3)COC2)nc1C. The summed E-state index contributed by atoms with van der Waals surface area (Å²) in [6, 6.07) is 3.82. The van der Waals surface area contributed by atoms with Gasteiger partial charge in [-0.3, -0.25) is 9.55 Å². The summed E-state index contributed by atoms with van der Waals surface area (Å²) in [5, 5.41) is 0.311. The van der Waals surface area contributed by atoms with E-state index < -0.39 is 11.9 Å². The molecule has 0 bridgehead atoms. The molecule has 24 heavy (non-hydrogen) atoms. The Bertz CT molecular complexity index is 712. The standard InChI is InChI=1S/C16H19N3O4S/c1-11-12(14(20-2)21-3)4-5-13(18-11)16(8-22-9-16)23-15(24)19-7-6-17-10-19/h4-7,10,14H,8-9H2,1-3H3. The fourth-order valence-electron chi connectivity index (χ4n) is 2.56. The molecule has 3 heterocycles. The van der Waals surface area contributed by atoms with Crippen LogP contribution in [0.25, 0.3) is 0 Å². The summed E-state index contributed by atoms with van der Waals surface area (Å²) < 4.78 is 23.6. The Hall–Kier alpha value is -1.87. The maximum Gasteiger partial charge on any atom is 0.270 e. The molecule has 1 saturated heterocycles. The topological polar surface area (TPSA) is 67.6 Å². The second kappa shape index (κ2) is 6.94. The maximum atomic E-state index is 6.02. The molecule has 1 aliphatic rings. The Labute approximate surface area is 145 Å². The van der Waals surface area contributed by atoms with Crippen molar-refractivity contribution in [2.24, 2.45) is 0 Å². The highest BCUT2D eigenvalue weighted by atomic mass is 32.1. The van der Waals surface area contributed by atoms with Crippen molar-refractivity contribution in [2.75, 3.05) is 27.4 Å². The molecule has 0 aliphatic carbocycles. The van der Waals surface area contributed by atoms with Crippen LogP contribution in [0.15, 0.2) is 30.9 Å². The fourth-order valence-corrected chi connectivity index (χ4v) is 2.83. The Morgan fingerprint density at radius 1 is 1.33 bits per heavy atom. The third-order valence-corrected chi connectivity index (χ3v) is 4.24. The van der Waals surface area contributed by atoms with E-state index in [0.29, 0.717) is 18.4 Å². The zero-order valence-electron chi connectivity index (χ0n) is 13.8. The second-order valence-corrected chi connectivity index (χ2v) is 5.85. The molecule has 2 aromatic heterocycles. The van der Waals surface area contributed by atoms with Gasteiger partial charge < -0.3 is 18.9 Å². The molecule has 0 aromatic carbocycles. The summed E-state index contributed by atoms with van der Waals surface area (Å²) in [5.41, 5.74) is 1.77. The molecule has 0 saturated carbocycles. The molecule has 0 amide bonds. The predicted octanol–water partition coefficient (Wildman–Crippen LogP) is 1.95. The van der Waals surface area contributed by atoms with Gasteiger partial charge in [0.25, 0.3) is 5.17 Å². The molecule has 0 unspecified atom stereocenters. The van der Waals surface area contributed by atoms with E-state index in [2.05, 4.69) is 9.97 Å². The average Bonchev–Trinajstić information content (AvgIpc) is 3.08. The summed E-state index contributed by atoms with van der Waals surface area (Å²) in [6.07, 6.45) is 4.53. The zero-order valence-corrected chi connectivity index (χ0v) is 14.6. The largest absolute Gasteiger partial charge is 0.452 e. The van der Waals surface area contributed by atoms with Gasteiger partial charge in [0.2, 0.25) is 0 Å². The highest BCUT2D eigenvalue weighted by molar-refractivity contribution is 7.80. The summed E-state index contributed by atoms with van der Waals surface area (Å²) >= 11 is 5.34. The molecule has 0 radical (unpaired) electrons. The summed E-state index contributed by atoms with van der Waals surface area (Å²) in [4.78, 5) is 8.64. The van der Waals surface area contributed by atoms with Crippen LogP contribution in [0.1, 0.15) is 23.2 Å². The highest BCUT2D eigenvalue weighted by Gasteiger charge is 2.45. The Morgan fingerprint density at radius 2 is 2.08 bits per heavy atom. The van der Waals surface area contributed by atoms with Crippen LogP contribution in [0.5, 0.6) is 0 Å². The van der Waals surface area contributed by atoms with E-state index in [1.54, 1.807) is 37.5 Å². The highest BCUT2D eigenvalue weighted by Crippen LogP contribution is 2.34. The molecular formula is C16H19N3O4S. The molecule has 0 N–H and O–H groups in total. The van der Waals surface area contributed by atoms with Crippen LogP contribution in [0.4, 0.5) is 0 Å². The minimum Gasteiger partial charge on any atom is -0.452 e. The first-order valence-corrected chi connectivity index (χ1v) is 7.83. The smallest absolute Gasteiger partial charge is 0.270 e. The monoisotopic (exact) mass is 349 g/mol. The third-order valence-electron chi connectivity index (χ3n) is 3.94. The first kappa shape index (κ1) is 17.0. The number of thiocarbonyl (C=S) groups is 1. The normalized spacial score (nSPS) is 16.0. The summed E-state index contributed by atoms with van der Waals surface area (Å²) in [6.45, 7) is 2.70. The molecular weight excluding hydrogens is 330 g/mol. The molecule has 1 fully saturated rings. The molecule has 1 aliphatic heterocycles. The van der Waals surface area contributed by atoms with E-state index in [1.165, 1.54) is 0 Å². The Kier molecular flexibility index (Phi) is 4.91. The van der Waals surface area contributed by atoms with Gasteiger partial charge in [-0.15, -0.1) is 0 Å². The lowest BCUT2D eigenvalue weighted by Crippen LogP contribution is -2.51. The number of pyridine rings is 1. The number of hydrogen-bond donors (Lipinski definition) is 0. The quantitative estimate of drug-likeness (QED) is 0.604. The van der Waals surface area contributed by atoms with Crippen LogP contribution in [-0.4, -0.2) is 47.1 Å². The number of aromatic nitrogens is 3. The maximum absolute atomic E-state index is 6.02. The molecule has 0 spiro atoms. The molecule has 2 aromatic rings. The van der Waals surface area contributed by atoms with Gasteiger partial charge in [0.1, 0.15) is 6.33 Å². The Morgan fingerprint density at radius 3 is 2.58 bits per heavy atom. The van der Waals surface area contributed by atoms with Gasteiger partial charge in [0, 0.05) is 37.9 Å². The van der Waals surface area contributed by atoms with Gasteiger partial charge in [0.15, 0.2) is 11.9 Å². The lowest BCUT2D eigenvalue weighted by Gasteiger charge is -2.40. The van der Waals surface area contributed by atoms with Crippen molar-refractivity contribution in [3.8, 4) is 0 Å². The molecule has 7 nitrogen and oxygen atoms in total. The number of methoxy groups -OCH3 is 2. The van der Waals surface area contributed by atoms with Crippen molar-refractivity contribution in [1.82, 2.24) is 14.5 Å². The molecule has 128 valence electrons. The first-order valence-electron chi connectivity index (χ1n) is 7.42. The van der Waals surface area contributed by atoms with Crippen molar-refractivity contribution < 1.29 is 18.9 Å². The van der Waals surface area contributed by atoms with Gasteiger partial charge in [-0.25, -0.2) is 4.98 Å². The van der Waals surface area contributed by atoms with Gasteiger partial charge in [-0.1, -0.05) is 6.07 Å². The fraction of sp³-hybridized carbons (Fsp3) is 0.438. The molecule has 3 rings (SSSR count). The van der Waals surface area contributed by atoms with Crippen LogP contribution in [0.2, 0.25) is 0 Å². The predicted molar refractivity (Wildman–Crippen MR) is 89.5 cm³/mol. The van der Waals surface area contributed by atoms with E-state index in [0.717, 1.165) is 17.0 Å². The van der Waals surface area contributed by atoms with Gasteiger partial charge in [0.05, 0.1) is 18.9 Å². The van der Waals surface area contributed by atoms with Crippen LogP contribution in [0.3, 0.4) is 0 Å². The summed E-state index contributed by atoms with van der Waals surface area (Å²) in [5.74, 6) is 0. The van der Waals surface area contributed by atoms with Crippen molar-refractivity contribution in [2.45, 2.75) is 18.8 Å².